The van der Waals surface area contributed by atoms with Gasteiger partial charge in [-0.05, 0) is 56.2 Å². The van der Waals surface area contributed by atoms with E-state index < -0.39 is 6.10 Å². The summed E-state index contributed by atoms with van der Waals surface area (Å²) in [4.78, 5) is 21.7. The van der Waals surface area contributed by atoms with Crippen molar-refractivity contribution in [2.24, 2.45) is 0 Å². The summed E-state index contributed by atoms with van der Waals surface area (Å²) in [6, 6.07) is 21.5. The number of nitrogens with zero attached hydrogens (tertiary/aromatic N) is 3. The van der Waals surface area contributed by atoms with E-state index in [1.165, 1.54) is 0 Å². The van der Waals surface area contributed by atoms with Crippen LogP contribution in [0.15, 0.2) is 71.1 Å². The van der Waals surface area contributed by atoms with E-state index in [-0.39, 0.29) is 18.6 Å². The van der Waals surface area contributed by atoms with Crippen LogP contribution in [0.4, 0.5) is 5.69 Å². The molecule has 0 saturated carbocycles. The first kappa shape index (κ1) is 26.9. The standard InChI is InChI=1S/C31H36N4O4/c1-21-8-7-9-22(2)30(21)33-29(37)19-34-14-15-35(23(3)17-34)18-25(36)20-38-26-12-13-28-27(16-26)32-31(39-28)24-10-5-4-6-11-24/h4-13,16,23,25,36H,14-15,17-20H2,1-3H3,(H,33,37)/t23-,25-/m0/s1. The Balaban J connectivity index is 1.08. The topological polar surface area (TPSA) is 91.1 Å². The number of benzene rings is 3. The molecule has 1 aromatic heterocycles. The third-order valence-electron chi connectivity index (χ3n) is 7.23. The summed E-state index contributed by atoms with van der Waals surface area (Å²) in [6.45, 7) is 9.50. The minimum absolute atomic E-state index is 0.00135. The molecule has 4 aromatic rings. The number of carbonyl (C=O) groups excluding carboxylic acids is 1. The van der Waals surface area contributed by atoms with Crippen molar-refractivity contribution in [3.63, 3.8) is 0 Å². The Labute approximate surface area is 229 Å². The lowest BCUT2D eigenvalue weighted by atomic mass is 10.1. The van der Waals surface area contributed by atoms with Gasteiger partial charge in [0, 0.05) is 49.5 Å². The summed E-state index contributed by atoms with van der Waals surface area (Å²) >= 11 is 0. The van der Waals surface area contributed by atoms with Gasteiger partial charge in [0.1, 0.15) is 24.0 Å². The predicted octanol–water partition coefficient (Wildman–Crippen LogP) is 4.50. The van der Waals surface area contributed by atoms with Crippen molar-refractivity contribution in [1.82, 2.24) is 14.8 Å². The quantitative estimate of drug-likeness (QED) is 0.331. The Hall–Kier alpha value is -3.72. The molecule has 204 valence electrons. The normalized spacial score (nSPS) is 17.3. The van der Waals surface area contributed by atoms with Crippen LogP contribution in [0.3, 0.4) is 0 Å². The van der Waals surface area contributed by atoms with E-state index in [9.17, 15) is 9.90 Å². The van der Waals surface area contributed by atoms with E-state index in [2.05, 4.69) is 27.0 Å². The van der Waals surface area contributed by atoms with Crippen LogP contribution in [-0.2, 0) is 4.79 Å². The van der Waals surface area contributed by atoms with Crippen molar-refractivity contribution < 1.29 is 19.1 Å². The van der Waals surface area contributed by atoms with Crippen molar-refractivity contribution in [3.05, 3.63) is 77.9 Å². The number of rotatable bonds is 9. The van der Waals surface area contributed by atoms with Gasteiger partial charge in [-0.2, -0.15) is 0 Å². The fourth-order valence-electron chi connectivity index (χ4n) is 5.10. The van der Waals surface area contributed by atoms with E-state index in [4.69, 9.17) is 9.15 Å². The number of oxazole rings is 1. The largest absolute Gasteiger partial charge is 0.491 e. The van der Waals surface area contributed by atoms with Gasteiger partial charge in [0.05, 0.1) is 6.54 Å². The fourth-order valence-corrected chi connectivity index (χ4v) is 5.10. The first-order chi connectivity index (χ1) is 18.9. The van der Waals surface area contributed by atoms with Gasteiger partial charge in [-0.3, -0.25) is 14.6 Å². The SMILES string of the molecule is Cc1cccc(C)c1NC(=O)CN1CCN(C[C@H](O)COc2ccc3oc(-c4ccccc4)nc3c2)[C@@H](C)C1. The maximum absolute atomic E-state index is 12.7. The second kappa shape index (κ2) is 12.0. The number of amides is 1. The highest BCUT2D eigenvalue weighted by molar-refractivity contribution is 5.93. The number of aryl methyl sites for hydroxylation is 2. The molecule has 0 bridgehead atoms. The molecule has 2 heterocycles. The Kier molecular flexibility index (Phi) is 8.26. The number of aliphatic hydroxyl groups excluding tert-OH is 1. The van der Waals surface area contributed by atoms with Crippen molar-refractivity contribution in [1.29, 1.82) is 0 Å². The summed E-state index contributed by atoms with van der Waals surface area (Å²) in [5.41, 5.74) is 5.36. The van der Waals surface area contributed by atoms with Gasteiger partial charge in [0.25, 0.3) is 0 Å². The van der Waals surface area contributed by atoms with E-state index in [1.54, 1.807) is 0 Å². The van der Waals surface area contributed by atoms with Gasteiger partial charge in [-0.15, -0.1) is 0 Å². The number of hydrogen-bond donors (Lipinski definition) is 2. The zero-order valence-electron chi connectivity index (χ0n) is 22.8. The number of fused-ring (bicyclic) bond motifs is 1. The van der Waals surface area contributed by atoms with E-state index in [1.807, 2.05) is 80.6 Å². The molecule has 8 nitrogen and oxygen atoms in total. The molecule has 0 aliphatic carbocycles. The van der Waals surface area contributed by atoms with Gasteiger partial charge in [-0.1, -0.05) is 36.4 Å². The summed E-state index contributed by atoms with van der Waals surface area (Å²) in [6.07, 6.45) is -0.640. The molecule has 5 rings (SSSR count). The molecule has 1 aliphatic heterocycles. The lowest BCUT2D eigenvalue weighted by molar-refractivity contribution is -0.118. The molecular weight excluding hydrogens is 492 g/mol. The van der Waals surface area contributed by atoms with Gasteiger partial charge >= 0.3 is 0 Å². The number of ether oxygens (including phenoxy) is 1. The minimum atomic E-state index is -0.640. The van der Waals surface area contributed by atoms with Crippen LogP contribution < -0.4 is 10.1 Å². The van der Waals surface area contributed by atoms with Crippen molar-refractivity contribution in [2.75, 3.05) is 44.6 Å². The number of piperazine rings is 1. The van der Waals surface area contributed by atoms with Crippen LogP contribution in [0.25, 0.3) is 22.6 Å². The number of aromatic nitrogens is 1. The zero-order valence-corrected chi connectivity index (χ0v) is 22.8. The highest BCUT2D eigenvalue weighted by atomic mass is 16.5. The lowest BCUT2D eigenvalue weighted by Crippen LogP contribution is -2.55. The minimum Gasteiger partial charge on any atom is -0.491 e. The number of carbonyl (C=O) groups is 1. The first-order valence-electron chi connectivity index (χ1n) is 13.4. The van der Waals surface area contributed by atoms with Crippen molar-refractivity contribution >= 4 is 22.7 Å². The highest BCUT2D eigenvalue weighted by Crippen LogP contribution is 2.27. The summed E-state index contributed by atoms with van der Waals surface area (Å²) < 4.78 is 11.8. The van der Waals surface area contributed by atoms with Crippen LogP contribution in [0.5, 0.6) is 5.75 Å². The summed E-state index contributed by atoms with van der Waals surface area (Å²) in [5.74, 6) is 1.21. The first-order valence-corrected chi connectivity index (χ1v) is 13.4. The zero-order chi connectivity index (χ0) is 27.4. The Bertz CT molecular complexity index is 1400. The molecule has 0 radical (unpaired) electrons. The third-order valence-corrected chi connectivity index (χ3v) is 7.23. The second-order valence-electron chi connectivity index (χ2n) is 10.4. The number of hydrogen-bond acceptors (Lipinski definition) is 7. The average Bonchev–Trinajstić information content (AvgIpc) is 3.35. The van der Waals surface area contributed by atoms with Crippen molar-refractivity contribution in [3.8, 4) is 17.2 Å². The third kappa shape index (κ3) is 6.65. The molecule has 0 spiro atoms. The smallest absolute Gasteiger partial charge is 0.238 e. The molecule has 1 amide bonds. The molecule has 2 atom stereocenters. The number of β-amino-alcohol motifs (C(OH)–C–C–N with tert-alkyl or cyclic N) is 1. The van der Waals surface area contributed by atoms with E-state index in [0.717, 1.165) is 42.0 Å². The predicted molar refractivity (Wildman–Crippen MR) is 153 cm³/mol. The highest BCUT2D eigenvalue weighted by Gasteiger charge is 2.27. The molecule has 3 aromatic carbocycles. The number of nitrogens with one attached hydrogen (secondary N) is 1. The van der Waals surface area contributed by atoms with Crippen LogP contribution >= 0.6 is 0 Å². The average molecular weight is 529 g/mol. The Morgan fingerprint density at radius 2 is 1.87 bits per heavy atom. The van der Waals surface area contributed by atoms with Crippen LogP contribution in [0.2, 0.25) is 0 Å². The fraction of sp³-hybridized carbons (Fsp3) is 0.355. The molecule has 1 fully saturated rings. The molecule has 39 heavy (non-hydrogen) atoms. The molecule has 0 unspecified atom stereocenters. The van der Waals surface area contributed by atoms with Crippen LogP contribution in [0, 0.1) is 13.8 Å². The van der Waals surface area contributed by atoms with Crippen LogP contribution in [0.1, 0.15) is 18.1 Å². The molecule has 1 aliphatic rings. The second-order valence-corrected chi connectivity index (χ2v) is 10.4. The van der Waals surface area contributed by atoms with E-state index >= 15 is 0 Å². The monoisotopic (exact) mass is 528 g/mol. The maximum atomic E-state index is 12.7. The number of para-hydroxylation sites is 1. The lowest BCUT2D eigenvalue weighted by Gasteiger charge is -2.40. The molecule has 2 N–H and O–H groups in total. The van der Waals surface area contributed by atoms with Gasteiger partial charge in [0.15, 0.2) is 5.58 Å². The maximum Gasteiger partial charge on any atom is 0.238 e. The molecule has 1 saturated heterocycles. The van der Waals surface area contributed by atoms with Gasteiger partial charge < -0.3 is 19.6 Å². The van der Waals surface area contributed by atoms with Crippen LogP contribution in [-0.4, -0.2) is 77.3 Å². The number of aliphatic hydroxyl groups is 1. The molecular formula is C31H36N4O4. The Morgan fingerprint density at radius 3 is 2.62 bits per heavy atom. The summed E-state index contributed by atoms with van der Waals surface area (Å²) in [7, 11) is 0. The molecule has 8 heteroatoms. The number of anilines is 1. The van der Waals surface area contributed by atoms with E-state index in [0.29, 0.717) is 35.8 Å². The van der Waals surface area contributed by atoms with Gasteiger partial charge in [0.2, 0.25) is 11.8 Å². The Morgan fingerprint density at radius 1 is 1.10 bits per heavy atom. The summed E-state index contributed by atoms with van der Waals surface area (Å²) in [5, 5.41) is 13.8. The van der Waals surface area contributed by atoms with Gasteiger partial charge in [-0.25, -0.2) is 4.98 Å². The van der Waals surface area contributed by atoms with Crippen molar-refractivity contribution in [2.45, 2.75) is 32.9 Å².